The van der Waals surface area contributed by atoms with E-state index >= 15 is 0 Å². The molecule has 2 fully saturated rings. The highest BCUT2D eigenvalue weighted by Crippen LogP contribution is 2.61. The Morgan fingerprint density at radius 1 is 1.46 bits per heavy atom. The van der Waals surface area contributed by atoms with E-state index in [9.17, 15) is 4.79 Å². The fraction of sp³-hybridized carbons (Fsp3) is 0.889. The normalized spacial score (nSPS) is 34.2. The molecular formula is C9H16N2O2. The Balaban J connectivity index is 1.87. The van der Waals surface area contributed by atoms with Gasteiger partial charge in [-0.25, -0.2) is 10.3 Å². The Hall–Kier alpha value is -0.770. The van der Waals surface area contributed by atoms with E-state index in [1.807, 2.05) is 4.90 Å². The predicted molar refractivity (Wildman–Crippen MR) is 47.9 cm³/mol. The topological polar surface area (TPSA) is 41.6 Å². The van der Waals surface area contributed by atoms with Crippen molar-refractivity contribution in [2.75, 3.05) is 20.2 Å². The second kappa shape index (κ2) is 2.61. The zero-order valence-corrected chi connectivity index (χ0v) is 8.33. The smallest absolute Gasteiger partial charge is 0.322 e. The standard InChI is InChI=1S/C9H16N2O2/c1-9(2)6-4-11(5-7(6)9)8(12)10-13-3/h6-7H,4-5H2,1-3H3,(H,10,12). The first-order valence-electron chi connectivity index (χ1n) is 4.65. The molecule has 2 atom stereocenters. The summed E-state index contributed by atoms with van der Waals surface area (Å²) in [4.78, 5) is 17.7. The minimum atomic E-state index is -0.106. The van der Waals surface area contributed by atoms with E-state index < -0.39 is 0 Å². The van der Waals surface area contributed by atoms with Gasteiger partial charge in [-0.1, -0.05) is 13.8 Å². The maximum absolute atomic E-state index is 11.3. The van der Waals surface area contributed by atoms with Crippen LogP contribution in [0.3, 0.4) is 0 Å². The largest absolute Gasteiger partial charge is 0.341 e. The number of amides is 2. The fourth-order valence-electron chi connectivity index (χ4n) is 2.45. The second-order valence-corrected chi connectivity index (χ2v) is 4.55. The van der Waals surface area contributed by atoms with Gasteiger partial charge in [0.05, 0.1) is 7.11 Å². The van der Waals surface area contributed by atoms with E-state index in [1.165, 1.54) is 7.11 Å². The summed E-state index contributed by atoms with van der Waals surface area (Å²) in [6, 6.07) is -0.106. The van der Waals surface area contributed by atoms with Gasteiger partial charge in [0.15, 0.2) is 0 Å². The number of hydrogen-bond acceptors (Lipinski definition) is 2. The van der Waals surface area contributed by atoms with Crippen LogP contribution in [0.5, 0.6) is 0 Å². The lowest BCUT2D eigenvalue weighted by Gasteiger charge is -2.21. The number of likely N-dealkylation sites (tertiary alicyclic amines) is 1. The summed E-state index contributed by atoms with van der Waals surface area (Å²) in [5.74, 6) is 1.41. The molecule has 2 aliphatic rings. The number of hydroxylamine groups is 1. The van der Waals surface area contributed by atoms with Crippen LogP contribution in [0.2, 0.25) is 0 Å². The number of carbonyl (C=O) groups excluding carboxylic acids is 1. The van der Waals surface area contributed by atoms with Crippen LogP contribution in [0.1, 0.15) is 13.8 Å². The molecule has 1 saturated carbocycles. The molecule has 1 aliphatic heterocycles. The number of piperidine rings is 1. The van der Waals surface area contributed by atoms with Crippen molar-refractivity contribution < 1.29 is 9.63 Å². The Labute approximate surface area is 78.2 Å². The lowest BCUT2D eigenvalue weighted by atomic mass is 10.1. The third-order valence-electron chi connectivity index (χ3n) is 3.60. The number of urea groups is 1. The molecule has 4 heteroatoms. The van der Waals surface area contributed by atoms with Crippen molar-refractivity contribution in [3.05, 3.63) is 0 Å². The summed E-state index contributed by atoms with van der Waals surface area (Å²) in [5.41, 5.74) is 2.81. The van der Waals surface area contributed by atoms with Gasteiger partial charge in [-0.15, -0.1) is 0 Å². The molecule has 1 saturated heterocycles. The lowest BCUT2D eigenvalue weighted by molar-refractivity contribution is 0.0869. The zero-order valence-electron chi connectivity index (χ0n) is 8.33. The Morgan fingerprint density at radius 2 is 2.00 bits per heavy atom. The zero-order chi connectivity index (χ0) is 9.64. The molecule has 2 unspecified atom stereocenters. The van der Waals surface area contributed by atoms with Crippen molar-refractivity contribution in [3.8, 4) is 0 Å². The molecule has 0 aromatic heterocycles. The average Bonchev–Trinajstić information content (AvgIpc) is 2.53. The number of carbonyl (C=O) groups is 1. The Kier molecular flexibility index (Phi) is 1.77. The molecule has 1 N–H and O–H groups in total. The van der Waals surface area contributed by atoms with Gasteiger partial charge in [0.25, 0.3) is 0 Å². The number of fused-ring (bicyclic) bond motifs is 1. The van der Waals surface area contributed by atoms with Gasteiger partial charge in [0.2, 0.25) is 0 Å². The third kappa shape index (κ3) is 1.20. The van der Waals surface area contributed by atoms with Crippen molar-refractivity contribution in [2.24, 2.45) is 17.3 Å². The summed E-state index contributed by atoms with van der Waals surface area (Å²) < 4.78 is 0. The Morgan fingerprint density at radius 3 is 2.46 bits per heavy atom. The molecule has 0 aromatic carbocycles. The molecule has 2 rings (SSSR count). The maximum Gasteiger partial charge on any atom is 0.341 e. The van der Waals surface area contributed by atoms with Gasteiger partial charge < -0.3 is 4.90 Å². The highest BCUT2D eigenvalue weighted by Gasteiger charge is 2.62. The summed E-state index contributed by atoms with van der Waals surface area (Å²) in [5, 5.41) is 0. The van der Waals surface area contributed by atoms with E-state index in [0.717, 1.165) is 13.1 Å². The van der Waals surface area contributed by atoms with Crippen LogP contribution in [0, 0.1) is 17.3 Å². The molecule has 1 aliphatic carbocycles. The first-order chi connectivity index (χ1) is 6.07. The summed E-state index contributed by atoms with van der Waals surface area (Å²) in [6.45, 7) is 6.31. The first-order valence-corrected chi connectivity index (χ1v) is 4.65. The predicted octanol–water partition coefficient (Wildman–Crippen LogP) is 0.845. The summed E-state index contributed by atoms with van der Waals surface area (Å²) >= 11 is 0. The van der Waals surface area contributed by atoms with Gasteiger partial charge in [0.1, 0.15) is 0 Å². The molecule has 13 heavy (non-hydrogen) atoms. The van der Waals surface area contributed by atoms with E-state index in [0.29, 0.717) is 17.3 Å². The first kappa shape index (κ1) is 8.81. The molecule has 74 valence electrons. The molecule has 2 amide bonds. The minimum Gasteiger partial charge on any atom is -0.322 e. The number of rotatable bonds is 1. The average molecular weight is 184 g/mol. The van der Waals surface area contributed by atoms with E-state index in [2.05, 4.69) is 24.2 Å². The lowest BCUT2D eigenvalue weighted by Crippen LogP contribution is -2.40. The highest BCUT2D eigenvalue weighted by molar-refractivity contribution is 5.73. The minimum absolute atomic E-state index is 0.106. The van der Waals surface area contributed by atoms with Crippen molar-refractivity contribution in [1.82, 2.24) is 10.4 Å². The van der Waals surface area contributed by atoms with Crippen molar-refractivity contribution in [1.29, 1.82) is 0 Å². The fourth-order valence-corrected chi connectivity index (χ4v) is 2.45. The van der Waals surface area contributed by atoms with Gasteiger partial charge in [0, 0.05) is 13.1 Å². The van der Waals surface area contributed by atoms with Crippen molar-refractivity contribution in [3.63, 3.8) is 0 Å². The van der Waals surface area contributed by atoms with Gasteiger partial charge in [-0.05, 0) is 17.3 Å². The molecule has 0 bridgehead atoms. The monoisotopic (exact) mass is 184 g/mol. The van der Waals surface area contributed by atoms with E-state index in [4.69, 9.17) is 0 Å². The molecular weight excluding hydrogens is 168 g/mol. The van der Waals surface area contributed by atoms with Crippen LogP contribution in [0.25, 0.3) is 0 Å². The van der Waals surface area contributed by atoms with Crippen molar-refractivity contribution >= 4 is 6.03 Å². The van der Waals surface area contributed by atoms with Crippen LogP contribution in [-0.4, -0.2) is 31.1 Å². The highest BCUT2D eigenvalue weighted by atomic mass is 16.6. The van der Waals surface area contributed by atoms with Crippen LogP contribution in [0.4, 0.5) is 4.79 Å². The number of hydrogen-bond donors (Lipinski definition) is 1. The van der Waals surface area contributed by atoms with Gasteiger partial charge in [-0.3, -0.25) is 4.84 Å². The maximum atomic E-state index is 11.3. The Bertz CT molecular complexity index is 226. The van der Waals surface area contributed by atoms with Crippen LogP contribution in [0.15, 0.2) is 0 Å². The van der Waals surface area contributed by atoms with Crippen LogP contribution < -0.4 is 5.48 Å². The summed E-state index contributed by atoms with van der Waals surface area (Å²) in [7, 11) is 1.46. The molecule has 0 spiro atoms. The summed E-state index contributed by atoms with van der Waals surface area (Å²) in [6.07, 6.45) is 0. The molecule has 0 radical (unpaired) electrons. The van der Waals surface area contributed by atoms with Gasteiger partial charge >= 0.3 is 6.03 Å². The second-order valence-electron chi connectivity index (χ2n) is 4.55. The number of nitrogens with one attached hydrogen (secondary N) is 1. The van der Waals surface area contributed by atoms with Gasteiger partial charge in [-0.2, -0.15) is 0 Å². The van der Waals surface area contributed by atoms with Crippen LogP contribution >= 0.6 is 0 Å². The third-order valence-corrected chi connectivity index (χ3v) is 3.60. The van der Waals surface area contributed by atoms with Crippen LogP contribution in [-0.2, 0) is 4.84 Å². The van der Waals surface area contributed by atoms with Crippen molar-refractivity contribution in [2.45, 2.75) is 13.8 Å². The molecule has 0 aromatic rings. The quantitative estimate of drug-likeness (QED) is 0.614. The number of nitrogens with zero attached hydrogens (tertiary/aromatic N) is 1. The van der Waals surface area contributed by atoms with E-state index in [-0.39, 0.29) is 6.03 Å². The molecule has 4 nitrogen and oxygen atoms in total. The van der Waals surface area contributed by atoms with E-state index in [1.54, 1.807) is 0 Å². The molecule has 1 heterocycles. The SMILES string of the molecule is CONC(=O)N1CC2C(C1)C2(C)C.